The van der Waals surface area contributed by atoms with Crippen molar-refractivity contribution >= 4 is 21.8 Å². The molecule has 0 radical (unpaired) electrons. The molecule has 202 valence electrons. The first-order chi connectivity index (χ1) is 20.5. The number of nitrogens with zero attached hydrogens (tertiary/aromatic N) is 2. The van der Waals surface area contributed by atoms with Crippen molar-refractivity contribution in [3.63, 3.8) is 0 Å². The second kappa shape index (κ2) is 10.4. The van der Waals surface area contributed by atoms with Crippen LogP contribution < -0.4 is 0 Å². The van der Waals surface area contributed by atoms with Crippen LogP contribution in [-0.2, 0) is 0 Å². The number of rotatable bonds is 4. The van der Waals surface area contributed by atoms with Crippen molar-refractivity contribution in [1.29, 1.82) is 0 Å². The summed E-state index contributed by atoms with van der Waals surface area (Å²) in [6.07, 6.45) is 0. The molecule has 7 aromatic rings. The van der Waals surface area contributed by atoms with Crippen molar-refractivity contribution in [3.05, 3.63) is 144 Å². The molecule has 0 saturated heterocycles. The zero-order chi connectivity index (χ0) is 28.8. The van der Waals surface area contributed by atoms with Gasteiger partial charge in [-0.05, 0) is 90.4 Å². The number of fused-ring (bicyclic) bond motifs is 3. The molecular weight excluding hydrogens is 508 g/mol. The van der Waals surface area contributed by atoms with E-state index in [0.29, 0.717) is 0 Å². The Bertz CT molecular complexity index is 2040. The van der Waals surface area contributed by atoms with Crippen molar-refractivity contribution in [2.75, 3.05) is 0 Å². The summed E-state index contributed by atoms with van der Waals surface area (Å²) in [5, 5.41) is 2.31. The normalized spacial score (nSPS) is 11.3. The SMILES string of the molecule is Cc1c(-c2ccccc2)nc2c(ccc3c(C)c(C)c(-c4cc(-c5ccccc5)cc(-c5ccccc5)c4)nc32)c1C. The Morgan fingerprint density at radius 1 is 0.333 bits per heavy atom. The van der Waals surface area contributed by atoms with E-state index in [9.17, 15) is 0 Å². The summed E-state index contributed by atoms with van der Waals surface area (Å²) < 4.78 is 0. The topological polar surface area (TPSA) is 25.8 Å². The number of pyridine rings is 2. The summed E-state index contributed by atoms with van der Waals surface area (Å²) in [6, 6.07) is 43.0. The fourth-order valence-electron chi connectivity index (χ4n) is 6.08. The predicted octanol–water partition coefficient (Wildman–Crippen LogP) is 10.7. The molecular formula is C40H32N2. The van der Waals surface area contributed by atoms with Gasteiger partial charge in [0.25, 0.3) is 0 Å². The van der Waals surface area contributed by atoms with Crippen LogP contribution in [0.4, 0.5) is 0 Å². The second-order valence-electron chi connectivity index (χ2n) is 11.2. The van der Waals surface area contributed by atoms with E-state index >= 15 is 0 Å². The Balaban J connectivity index is 1.53. The van der Waals surface area contributed by atoms with Gasteiger partial charge in [0.05, 0.1) is 22.4 Å². The molecule has 42 heavy (non-hydrogen) atoms. The zero-order valence-electron chi connectivity index (χ0n) is 24.4. The maximum absolute atomic E-state index is 5.45. The summed E-state index contributed by atoms with van der Waals surface area (Å²) in [7, 11) is 0. The molecule has 0 N–H and O–H groups in total. The van der Waals surface area contributed by atoms with Crippen LogP contribution in [0, 0.1) is 27.7 Å². The monoisotopic (exact) mass is 540 g/mol. The van der Waals surface area contributed by atoms with Gasteiger partial charge in [-0.3, -0.25) is 0 Å². The third-order valence-corrected chi connectivity index (χ3v) is 8.71. The number of benzene rings is 5. The maximum Gasteiger partial charge on any atom is 0.0975 e. The number of hydrogen-bond acceptors (Lipinski definition) is 2. The fourth-order valence-corrected chi connectivity index (χ4v) is 6.08. The van der Waals surface area contributed by atoms with Crippen LogP contribution in [-0.4, -0.2) is 9.97 Å². The molecule has 0 spiro atoms. The van der Waals surface area contributed by atoms with Crippen LogP contribution in [0.5, 0.6) is 0 Å². The Morgan fingerprint density at radius 3 is 1.12 bits per heavy atom. The second-order valence-corrected chi connectivity index (χ2v) is 11.2. The van der Waals surface area contributed by atoms with Gasteiger partial charge in [-0.2, -0.15) is 0 Å². The number of hydrogen-bond donors (Lipinski definition) is 0. The Morgan fingerprint density at radius 2 is 0.690 bits per heavy atom. The summed E-state index contributed by atoms with van der Waals surface area (Å²) in [5.41, 5.74) is 15.8. The van der Waals surface area contributed by atoms with Crippen molar-refractivity contribution in [2.45, 2.75) is 27.7 Å². The van der Waals surface area contributed by atoms with Crippen molar-refractivity contribution in [3.8, 4) is 44.8 Å². The van der Waals surface area contributed by atoms with E-state index in [-0.39, 0.29) is 0 Å². The number of aryl methyl sites for hydroxylation is 2. The molecule has 0 fully saturated rings. The van der Waals surface area contributed by atoms with Crippen LogP contribution in [0.1, 0.15) is 22.3 Å². The first-order valence-corrected chi connectivity index (χ1v) is 14.5. The van der Waals surface area contributed by atoms with E-state index in [1.165, 1.54) is 44.5 Å². The summed E-state index contributed by atoms with van der Waals surface area (Å²) in [5.74, 6) is 0. The predicted molar refractivity (Wildman–Crippen MR) is 178 cm³/mol. The highest BCUT2D eigenvalue weighted by Crippen LogP contribution is 2.38. The molecule has 2 nitrogen and oxygen atoms in total. The van der Waals surface area contributed by atoms with Gasteiger partial charge in [-0.15, -0.1) is 0 Å². The van der Waals surface area contributed by atoms with Gasteiger partial charge in [-0.25, -0.2) is 9.97 Å². The summed E-state index contributed by atoms with van der Waals surface area (Å²) in [4.78, 5) is 10.8. The van der Waals surface area contributed by atoms with Crippen LogP contribution in [0.3, 0.4) is 0 Å². The highest BCUT2D eigenvalue weighted by atomic mass is 14.8. The highest BCUT2D eigenvalue weighted by Gasteiger charge is 2.18. The van der Waals surface area contributed by atoms with Gasteiger partial charge in [0.2, 0.25) is 0 Å². The lowest BCUT2D eigenvalue weighted by molar-refractivity contribution is 1.25. The van der Waals surface area contributed by atoms with E-state index in [4.69, 9.17) is 9.97 Å². The molecule has 2 heterocycles. The molecule has 0 bridgehead atoms. The van der Waals surface area contributed by atoms with Gasteiger partial charge < -0.3 is 0 Å². The van der Waals surface area contributed by atoms with Crippen molar-refractivity contribution in [2.24, 2.45) is 0 Å². The van der Waals surface area contributed by atoms with Crippen LogP contribution in [0.2, 0.25) is 0 Å². The molecule has 0 unspecified atom stereocenters. The minimum absolute atomic E-state index is 0.956. The molecule has 0 amide bonds. The van der Waals surface area contributed by atoms with Crippen LogP contribution in [0.25, 0.3) is 66.6 Å². The van der Waals surface area contributed by atoms with Gasteiger partial charge in [0.15, 0.2) is 0 Å². The molecule has 2 heteroatoms. The fraction of sp³-hybridized carbons (Fsp3) is 0.100. The molecule has 0 saturated carbocycles. The first kappa shape index (κ1) is 25.9. The van der Waals surface area contributed by atoms with Crippen molar-refractivity contribution < 1.29 is 0 Å². The van der Waals surface area contributed by atoms with E-state index < -0.39 is 0 Å². The molecule has 0 aliphatic rings. The highest BCUT2D eigenvalue weighted by molar-refractivity contribution is 6.07. The lowest BCUT2D eigenvalue weighted by Crippen LogP contribution is -2.00. The van der Waals surface area contributed by atoms with E-state index in [1.54, 1.807) is 0 Å². The average molecular weight is 541 g/mol. The zero-order valence-corrected chi connectivity index (χ0v) is 24.4. The third-order valence-electron chi connectivity index (χ3n) is 8.71. The first-order valence-electron chi connectivity index (χ1n) is 14.5. The Hall–Kier alpha value is -5.08. The molecule has 0 aliphatic heterocycles. The minimum Gasteiger partial charge on any atom is -0.245 e. The van der Waals surface area contributed by atoms with E-state index in [0.717, 1.165) is 44.3 Å². The minimum atomic E-state index is 0.956. The number of aromatic nitrogens is 2. The van der Waals surface area contributed by atoms with Crippen LogP contribution in [0.15, 0.2) is 121 Å². The van der Waals surface area contributed by atoms with Gasteiger partial charge in [0.1, 0.15) is 0 Å². The third kappa shape index (κ3) is 4.37. The van der Waals surface area contributed by atoms with E-state index in [1.807, 2.05) is 0 Å². The quantitative estimate of drug-likeness (QED) is 0.208. The smallest absolute Gasteiger partial charge is 0.0975 e. The standard InChI is InChI=1S/C40H32N2/c1-25-27(3)37(31-18-12-7-13-19-31)41-39-35(25)20-21-36-26(2)28(4)38(42-40(36)39)34-23-32(29-14-8-5-9-15-29)22-33(24-34)30-16-10-6-11-17-30/h5-24H,1-4H3. The van der Waals surface area contributed by atoms with Crippen LogP contribution >= 0.6 is 0 Å². The Labute approximate surface area is 247 Å². The Kier molecular flexibility index (Phi) is 6.40. The molecule has 2 aromatic heterocycles. The van der Waals surface area contributed by atoms with Gasteiger partial charge in [-0.1, -0.05) is 103 Å². The maximum atomic E-state index is 5.45. The van der Waals surface area contributed by atoms with Crippen molar-refractivity contribution in [1.82, 2.24) is 9.97 Å². The van der Waals surface area contributed by atoms with E-state index in [2.05, 4.69) is 149 Å². The molecule has 0 atom stereocenters. The molecule has 5 aromatic carbocycles. The lowest BCUT2D eigenvalue weighted by atomic mass is 9.91. The summed E-state index contributed by atoms with van der Waals surface area (Å²) in [6.45, 7) is 8.79. The average Bonchev–Trinajstić information content (AvgIpc) is 3.05. The summed E-state index contributed by atoms with van der Waals surface area (Å²) >= 11 is 0. The van der Waals surface area contributed by atoms with Gasteiger partial charge in [0, 0.05) is 21.9 Å². The molecule has 0 aliphatic carbocycles. The largest absolute Gasteiger partial charge is 0.245 e. The molecule has 7 rings (SSSR count). The lowest BCUT2D eigenvalue weighted by Gasteiger charge is -2.17. The van der Waals surface area contributed by atoms with Gasteiger partial charge >= 0.3 is 0 Å².